The maximum absolute atomic E-state index is 9.59. The fraction of sp³-hybridized carbons (Fsp3) is 0.190. The average Bonchev–Trinajstić information content (AvgIpc) is 3.36. The highest BCUT2D eigenvalue weighted by Gasteiger charge is 2.45. The summed E-state index contributed by atoms with van der Waals surface area (Å²) in [6.45, 7) is 4.87. The normalized spacial score (nSPS) is 18.8. The number of fused-ring (bicyclic) bond motifs is 2. The molecule has 8 aromatic rings. The van der Waals surface area contributed by atoms with Gasteiger partial charge in [-0.25, -0.2) is 15.0 Å². The van der Waals surface area contributed by atoms with E-state index in [2.05, 4.69) is 80.6 Å². The molecule has 2 heterocycles. The minimum atomic E-state index is 0.229. The molecule has 7 nitrogen and oxygen atoms in total. The van der Waals surface area contributed by atoms with Crippen molar-refractivity contribution >= 4 is 0 Å². The van der Waals surface area contributed by atoms with E-state index in [1.54, 1.807) is 12.3 Å². The molecule has 0 aliphatic heterocycles. The standard InChI is InChI=1S/C58H45N7/c1-37-24-42-25-38(2)31-58(30-37,32-42)53-21-19-46(20-22-53)50-27-51(54-23-10-41(35-61)36-62-54)29-52(28-50)57-64-55(47-17-15-44(16-18-47)43-11-6-39(33-59)7-12-43)63-56(65-57)49-5-3-4-48(26-49)45-13-8-40(34-60)9-14-45/h3-23,26-29,36-38,42H,24-25,30-32H2,1-2H3/t37-,38+,42?,58?. The first-order valence-corrected chi connectivity index (χ1v) is 22.4. The Kier molecular flexibility index (Phi) is 10.9. The first kappa shape index (κ1) is 41.0. The van der Waals surface area contributed by atoms with Crippen LogP contribution in [0.2, 0.25) is 0 Å². The Labute approximate surface area is 380 Å². The lowest BCUT2D eigenvalue weighted by molar-refractivity contribution is 0.0780. The second-order valence-corrected chi connectivity index (χ2v) is 18.2. The van der Waals surface area contributed by atoms with Gasteiger partial charge in [-0.2, -0.15) is 15.8 Å². The van der Waals surface area contributed by atoms with Crippen molar-refractivity contribution in [3.05, 3.63) is 180 Å². The van der Waals surface area contributed by atoms with Crippen LogP contribution in [-0.4, -0.2) is 19.9 Å². The molecule has 2 bridgehead atoms. The Morgan fingerprint density at radius 3 is 1.46 bits per heavy atom. The van der Waals surface area contributed by atoms with Gasteiger partial charge >= 0.3 is 0 Å². The second kappa shape index (κ2) is 17.3. The van der Waals surface area contributed by atoms with Crippen molar-refractivity contribution in [1.82, 2.24) is 19.9 Å². The summed E-state index contributed by atoms with van der Waals surface area (Å²) in [7, 11) is 0. The molecule has 6 aromatic carbocycles. The van der Waals surface area contributed by atoms with Gasteiger partial charge in [-0.05, 0) is 155 Å². The van der Waals surface area contributed by atoms with E-state index in [1.807, 2.05) is 97.1 Å². The second-order valence-electron chi connectivity index (χ2n) is 18.2. The van der Waals surface area contributed by atoms with Gasteiger partial charge < -0.3 is 0 Å². The number of pyridine rings is 1. The van der Waals surface area contributed by atoms with Crippen molar-refractivity contribution < 1.29 is 0 Å². The molecule has 2 saturated carbocycles. The molecule has 2 aliphatic carbocycles. The zero-order valence-corrected chi connectivity index (χ0v) is 36.4. The molecule has 10 rings (SSSR count). The minimum absolute atomic E-state index is 0.229. The summed E-state index contributed by atoms with van der Waals surface area (Å²) < 4.78 is 0. The number of rotatable bonds is 8. The summed E-state index contributed by atoms with van der Waals surface area (Å²) in [5.74, 6) is 3.81. The quantitative estimate of drug-likeness (QED) is 0.149. The van der Waals surface area contributed by atoms with Crippen molar-refractivity contribution in [3.8, 4) is 97.0 Å². The molecule has 65 heavy (non-hydrogen) atoms. The van der Waals surface area contributed by atoms with Crippen molar-refractivity contribution in [3.63, 3.8) is 0 Å². The van der Waals surface area contributed by atoms with Crippen LogP contribution in [0.4, 0.5) is 0 Å². The van der Waals surface area contributed by atoms with Gasteiger partial charge in [0, 0.05) is 28.5 Å². The average molecular weight is 840 g/mol. The van der Waals surface area contributed by atoms with E-state index in [4.69, 9.17) is 19.9 Å². The van der Waals surface area contributed by atoms with Crippen LogP contribution < -0.4 is 0 Å². The van der Waals surface area contributed by atoms with Gasteiger partial charge in [0.15, 0.2) is 17.5 Å². The Morgan fingerprint density at radius 1 is 0.431 bits per heavy atom. The zero-order valence-electron chi connectivity index (χ0n) is 36.4. The SMILES string of the molecule is C[C@@H]1CC2C[C@H](C)CC(c3ccc(-c4cc(-c5ccc(C#N)cn5)cc(-c5nc(-c6ccc(-c7ccc(C#N)cc7)cc6)nc(-c6cccc(-c7ccc(C#N)cc7)c6)n5)c4)cc3)(C2)C1. The van der Waals surface area contributed by atoms with Crippen LogP contribution >= 0.6 is 0 Å². The van der Waals surface area contributed by atoms with E-state index >= 15 is 0 Å². The molecule has 312 valence electrons. The Balaban J connectivity index is 1.10. The first-order chi connectivity index (χ1) is 31.7. The van der Waals surface area contributed by atoms with E-state index in [-0.39, 0.29) is 5.41 Å². The largest absolute Gasteiger partial charge is 0.255 e. The summed E-state index contributed by atoms with van der Waals surface area (Å²) in [5.41, 5.74) is 13.5. The van der Waals surface area contributed by atoms with Crippen LogP contribution in [0.3, 0.4) is 0 Å². The number of nitriles is 3. The molecule has 4 atom stereocenters. The summed E-state index contributed by atoms with van der Waals surface area (Å²) in [4.78, 5) is 20.2. The third-order valence-electron chi connectivity index (χ3n) is 13.4. The molecule has 0 N–H and O–H groups in total. The lowest BCUT2D eigenvalue weighted by Crippen LogP contribution is -2.42. The molecule has 2 aromatic heterocycles. The molecule has 0 saturated heterocycles. The molecule has 0 spiro atoms. The van der Waals surface area contributed by atoms with Crippen LogP contribution in [0.1, 0.15) is 68.2 Å². The molecular weight excluding hydrogens is 795 g/mol. The summed E-state index contributed by atoms with van der Waals surface area (Å²) >= 11 is 0. The zero-order chi connectivity index (χ0) is 44.5. The Morgan fingerprint density at radius 2 is 0.877 bits per heavy atom. The molecule has 0 amide bonds. The number of nitrogens with zero attached hydrogens (tertiary/aromatic N) is 7. The van der Waals surface area contributed by atoms with Crippen LogP contribution in [0.25, 0.3) is 78.8 Å². The van der Waals surface area contributed by atoms with Crippen LogP contribution in [0.5, 0.6) is 0 Å². The maximum atomic E-state index is 9.59. The third kappa shape index (κ3) is 8.43. The number of hydrogen-bond acceptors (Lipinski definition) is 7. The van der Waals surface area contributed by atoms with Crippen LogP contribution in [0.15, 0.2) is 158 Å². The maximum Gasteiger partial charge on any atom is 0.164 e. The van der Waals surface area contributed by atoms with E-state index in [0.29, 0.717) is 34.2 Å². The highest BCUT2D eigenvalue weighted by Crippen LogP contribution is 2.54. The van der Waals surface area contributed by atoms with Crippen molar-refractivity contribution in [2.24, 2.45) is 17.8 Å². The van der Waals surface area contributed by atoms with E-state index in [1.165, 1.54) is 37.7 Å². The molecule has 2 aliphatic rings. The molecular formula is C58H45N7. The monoisotopic (exact) mass is 839 g/mol. The van der Waals surface area contributed by atoms with Gasteiger partial charge in [0.2, 0.25) is 0 Å². The van der Waals surface area contributed by atoms with Crippen molar-refractivity contribution in [2.75, 3.05) is 0 Å². The highest BCUT2D eigenvalue weighted by molar-refractivity contribution is 5.80. The highest BCUT2D eigenvalue weighted by atomic mass is 15.0. The molecule has 2 unspecified atom stereocenters. The van der Waals surface area contributed by atoms with Crippen LogP contribution in [0, 0.1) is 51.7 Å². The van der Waals surface area contributed by atoms with Crippen molar-refractivity contribution in [1.29, 1.82) is 15.8 Å². The lowest BCUT2D eigenvalue weighted by Gasteiger charge is -2.50. The molecule has 0 radical (unpaired) electrons. The fourth-order valence-corrected chi connectivity index (χ4v) is 10.7. The van der Waals surface area contributed by atoms with Gasteiger partial charge in [-0.3, -0.25) is 4.98 Å². The van der Waals surface area contributed by atoms with Gasteiger partial charge in [-0.15, -0.1) is 0 Å². The fourth-order valence-electron chi connectivity index (χ4n) is 10.7. The first-order valence-electron chi connectivity index (χ1n) is 22.4. The lowest BCUT2D eigenvalue weighted by atomic mass is 9.54. The Bertz CT molecular complexity index is 3150. The predicted molar refractivity (Wildman–Crippen MR) is 256 cm³/mol. The summed E-state index contributed by atoms with van der Waals surface area (Å²) in [5, 5.41) is 28.3. The third-order valence-corrected chi connectivity index (χ3v) is 13.4. The van der Waals surface area contributed by atoms with E-state index in [0.717, 1.165) is 79.1 Å². The van der Waals surface area contributed by atoms with Gasteiger partial charge in [-0.1, -0.05) is 105 Å². The van der Waals surface area contributed by atoms with Crippen LogP contribution in [-0.2, 0) is 5.41 Å². The topological polar surface area (TPSA) is 123 Å². The number of aromatic nitrogens is 4. The van der Waals surface area contributed by atoms with Crippen molar-refractivity contribution in [2.45, 2.75) is 51.4 Å². The predicted octanol–water partition coefficient (Wildman–Crippen LogP) is 13.7. The number of hydrogen-bond donors (Lipinski definition) is 0. The summed E-state index contributed by atoms with van der Waals surface area (Å²) in [6, 6.07) is 57.4. The van der Waals surface area contributed by atoms with Gasteiger partial charge in [0.25, 0.3) is 0 Å². The molecule has 2 fully saturated rings. The van der Waals surface area contributed by atoms with Gasteiger partial charge in [0.05, 0.1) is 34.5 Å². The molecule has 7 heteroatoms. The van der Waals surface area contributed by atoms with E-state index < -0.39 is 0 Å². The minimum Gasteiger partial charge on any atom is -0.255 e. The van der Waals surface area contributed by atoms with E-state index in [9.17, 15) is 15.8 Å². The van der Waals surface area contributed by atoms with Gasteiger partial charge in [0.1, 0.15) is 6.07 Å². The summed E-state index contributed by atoms with van der Waals surface area (Å²) in [6.07, 6.45) is 8.07. The smallest absolute Gasteiger partial charge is 0.164 e. The Hall–Kier alpha value is -8.05. The number of benzene rings is 6.